The molecule has 0 aromatic heterocycles. The highest BCUT2D eigenvalue weighted by Crippen LogP contribution is 2.50. The minimum absolute atomic E-state index is 0.103. The molecule has 2 atom stereocenters. The van der Waals surface area contributed by atoms with Crippen molar-refractivity contribution in [2.75, 3.05) is 19.7 Å². The predicted octanol–water partition coefficient (Wildman–Crippen LogP) is 6.39. The van der Waals surface area contributed by atoms with Crippen LogP contribution in [0.25, 0.3) is 0 Å². The minimum Gasteiger partial charge on any atom is -0.466 e. The van der Waals surface area contributed by atoms with Crippen LogP contribution in [0.5, 0.6) is 0 Å². The van der Waals surface area contributed by atoms with Crippen molar-refractivity contribution in [2.24, 2.45) is 0 Å². The Labute approximate surface area is 237 Å². The van der Waals surface area contributed by atoms with Crippen molar-refractivity contribution in [2.45, 2.75) is 69.7 Å². The highest BCUT2D eigenvalue weighted by atomic mass is 16.6. The topological polar surface area (TPSA) is 59.1 Å². The number of carbonyl (C=O) groups excluding carboxylic acids is 2. The Hall–Kier alpha value is -3.64. The fourth-order valence-electron chi connectivity index (χ4n) is 6.78. The van der Waals surface area contributed by atoms with Gasteiger partial charge in [-0.25, -0.2) is 4.79 Å². The quantitative estimate of drug-likeness (QED) is 0.257. The van der Waals surface area contributed by atoms with Crippen molar-refractivity contribution in [1.82, 2.24) is 9.80 Å². The number of amides is 1. The third-order valence-corrected chi connectivity index (χ3v) is 8.15. The first-order valence-electron chi connectivity index (χ1n) is 14.3. The van der Waals surface area contributed by atoms with E-state index in [-0.39, 0.29) is 24.5 Å². The average Bonchev–Trinajstić information content (AvgIpc) is 3.16. The van der Waals surface area contributed by atoms with Gasteiger partial charge in [0.25, 0.3) is 0 Å². The Morgan fingerprint density at radius 3 is 1.80 bits per heavy atom. The van der Waals surface area contributed by atoms with Crippen LogP contribution in [0, 0.1) is 0 Å². The lowest BCUT2D eigenvalue weighted by molar-refractivity contribution is -0.148. The largest absolute Gasteiger partial charge is 0.466 e. The maximum Gasteiger partial charge on any atom is 0.411 e. The molecule has 0 spiro atoms. The van der Waals surface area contributed by atoms with Gasteiger partial charge in [-0.15, -0.1) is 0 Å². The molecule has 0 saturated carbocycles. The van der Waals surface area contributed by atoms with Crippen LogP contribution in [0.3, 0.4) is 0 Å². The van der Waals surface area contributed by atoms with Crippen molar-refractivity contribution in [1.29, 1.82) is 0 Å². The molecule has 2 unspecified atom stereocenters. The van der Waals surface area contributed by atoms with Crippen molar-refractivity contribution in [3.63, 3.8) is 0 Å². The Bertz CT molecular complexity index is 1210. The normalized spacial score (nSPS) is 21.2. The zero-order valence-electron chi connectivity index (χ0n) is 24.0. The van der Waals surface area contributed by atoms with Gasteiger partial charge in [0.15, 0.2) is 0 Å². The van der Waals surface area contributed by atoms with Gasteiger partial charge in [0, 0.05) is 19.1 Å². The molecule has 2 aliphatic heterocycles. The molecule has 6 heteroatoms. The van der Waals surface area contributed by atoms with E-state index in [4.69, 9.17) is 9.47 Å². The molecule has 6 nitrogen and oxygen atoms in total. The number of fused-ring (bicyclic) bond motifs is 2. The van der Waals surface area contributed by atoms with E-state index in [1.807, 2.05) is 50.8 Å². The molecule has 3 aromatic carbocycles. The smallest absolute Gasteiger partial charge is 0.411 e. The van der Waals surface area contributed by atoms with Gasteiger partial charge >= 0.3 is 12.1 Å². The van der Waals surface area contributed by atoms with Gasteiger partial charge in [-0.2, -0.15) is 0 Å². The van der Waals surface area contributed by atoms with Gasteiger partial charge in [0.2, 0.25) is 0 Å². The summed E-state index contributed by atoms with van der Waals surface area (Å²) in [5.41, 5.74) is 1.41. The Balaban J connectivity index is 1.69. The summed E-state index contributed by atoms with van der Waals surface area (Å²) in [6.07, 6.45) is 1.27. The molecule has 0 radical (unpaired) electrons. The summed E-state index contributed by atoms with van der Waals surface area (Å²) >= 11 is 0. The SMILES string of the molecule is CCOC(=O)CC12CCC(CN(C(c3ccccc3)(c3ccccc3)c3ccccc3)C1)N2C(=O)OC(C)(C)C. The van der Waals surface area contributed by atoms with Crippen molar-refractivity contribution >= 4 is 12.1 Å². The molecule has 3 aromatic rings. The summed E-state index contributed by atoms with van der Waals surface area (Å²) in [6.45, 7) is 8.90. The Morgan fingerprint density at radius 2 is 1.35 bits per heavy atom. The van der Waals surface area contributed by atoms with E-state index in [0.717, 1.165) is 23.1 Å². The number of ether oxygens (including phenoxy) is 2. The number of hydrogen-bond acceptors (Lipinski definition) is 5. The van der Waals surface area contributed by atoms with Gasteiger partial charge < -0.3 is 9.47 Å². The van der Waals surface area contributed by atoms with Gasteiger partial charge in [-0.05, 0) is 57.2 Å². The van der Waals surface area contributed by atoms with Crippen LogP contribution in [-0.2, 0) is 19.8 Å². The van der Waals surface area contributed by atoms with Gasteiger partial charge in [0.05, 0.1) is 24.1 Å². The first kappa shape index (κ1) is 27.9. The number of esters is 1. The van der Waals surface area contributed by atoms with Crippen molar-refractivity contribution in [3.05, 3.63) is 108 Å². The first-order chi connectivity index (χ1) is 19.2. The number of piperazine rings is 1. The summed E-state index contributed by atoms with van der Waals surface area (Å²) in [7, 11) is 0. The number of nitrogens with zero attached hydrogens (tertiary/aromatic N) is 2. The summed E-state index contributed by atoms with van der Waals surface area (Å²) in [6, 6.07) is 31.6. The van der Waals surface area contributed by atoms with Gasteiger partial charge in [-0.1, -0.05) is 91.0 Å². The standard InChI is InChI=1S/C34H40N2O4/c1-5-39-30(37)23-33-22-21-29(36(33)31(38)40-32(2,3)4)24-35(25-33)34(26-15-9-6-10-16-26,27-17-11-7-12-18-27)28-19-13-8-14-20-28/h6-20,29H,5,21-25H2,1-4H3. The van der Waals surface area contributed by atoms with E-state index >= 15 is 0 Å². The van der Waals surface area contributed by atoms with Crippen molar-refractivity contribution in [3.8, 4) is 0 Å². The molecule has 2 saturated heterocycles. The second-order valence-electron chi connectivity index (χ2n) is 11.9. The number of likely N-dealkylation sites (tertiary alicyclic amines) is 1. The lowest BCUT2D eigenvalue weighted by atomic mass is 9.74. The predicted molar refractivity (Wildman–Crippen MR) is 156 cm³/mol. The maximum absolute atomic E-state index is 13.7. The zero-order valence-corrected chi connectivity index (χ0v) is 24.0. The zero-order chi connectivity index (χ0) is 28.4. The van der Waals surface area contributed by atoms with E-state index in [9.17, 15) is 9.59 Å². The summed E-state index contributed by atoms with van der Waals surface area (Å²) in [5, 5.41) is 0. The van der Waals surface area contributed by atoms with Crippen LogP contribution in [0.15, 0.2) is 91.0 Å². The molecule has 210 valence electrons. The highest BCUT2D eigenvalue weighted by molar-refractivity contribution is 5.75. The van der Waals surface area contributed by atoms with Crippen LogP contribution in [0.1, 0.15) is 63.6 Å². The molecular weight excluding hydrogens is 500 g/mol. The molecule has 1 amide bonds. The molecule has 2 aliphatic rings. The number of rotatable bonds is 7. The lowest BCUT2D eigenvalue weighted by Gasteiger charge is -2.55. The summed E-state index contributed by atoms with van der Waals surface area (Å²) in [5.74, 6) is -0.289. The van der Waals surface area contributed by atoms with Gasteiger partial charge in [0.1, 0.15) is 5.60 Å². The van der Waals surface area contributed by atoms with E-state index in [1.165, 1.54) is 0 Å². The molecule has 2 bridgehead atoms. The Kier molecular flexibility index (Phi) is 7.74. The Morgan fingerprint density at radius 1 is 0.850 bits per heavy atom. The fourth-order valence-corrected chi connectivity index (χ4v) is 6.78. The average molecular weight is 541 g/mol. The van der Waals surface area contributed by atoms with Crippen LogP contribution < -0.4 is 0 Å². The third kappa shape index (κ3) is 5.13. The van der Waals surface area contributed by atoms with Crippen LogP contribution in [-0.4, -0.2) is 58.7 Å². The molecule has 2 heterocycles. The number of hydrogen-bond donors (Lipinski definition) is 0. The van der Waals surface area contributed by atoms with E-state index in [1.54, 1.807) is 0 Å². The van der Waals surface area contributed by atoms with Crippen LogP contribution in [0.4, 0.5) is 4.79 Å². The fraction of sp³-hybridized carbons (Fsp3) is 0.412. The first-order valence-corrected chi connectivity index (χ1v) is 14.3. The molecular formula is C34H40N2O4. The third-order valence-electron chi connectivity index (χ3n) is 8.15. The van der Waals surface area contributed by atoms with E-state index < -0.39 is 16.7 Å². The molecule has 5 rings (SSSR count). The van der Waals surface area contributed by atoms with E-state index in [0.29, 0.717) is 26.1 Å². The molecule has 40 heavy (non-hydrogen) atoms. The minimum atomic E-state index is -0.749. The van der Waals surface area contributed by atoms with Gasteiger partial charge in [-0.3, -0.25) is 14.6 Å². The maximum atomic E-state index is 13.7. The summed E-state index contributed by atoms with van der Waals surface area (Å²) < 4.78 is 11.4. The van der Waals surface area contributed by atoms with Crippen molar-refractivity contribution < 1.29 is 19.1 Å². The second-order valence-corrected chi connectivity index (χ2v) is 11.9. The highest BCUT2D eigenvalue weighted by Gasteiger charge is 2.59. The molecule has 2 fully saturated rings. The van der Waals surface area contributed by atoms with Crippen LogP contribution in [0.2, 0.25) is 0 Å². The number of benzene rings is 3. The number of carbonyl (C=O) groups is 2. The second kappa shape index (κ2) is 11.1. The lowest BCUT2D eigenvalue weighted by Crippen LogP contribution is -2.68. The molecule has 0 N–H and O–H groups in total. The van der Waals surface area contributed by atoms with Crippen LogP contribution >= 0.6 is 0 Å². The summed E-state index contributed by atoms with van der Waals surface area (Å²) in [4.78, 5) is 31.2. The van der Waals surface area contributed by atoms with E-state index in [2.05, 4.69) is 77.7 Å². The monoisotopic (exact) mass is 540 g/mol. The molecule has 0 aliphatic carbocycles.